The summed E-state index contributed by atoms with van der Waals surface area (Å²) in [5.74, 6) is 0.352. The van der Waals surface area contributed by atoms with E-state index >= 15 is 0 Å². The molecule has 0 aliphatic heterocycles. The summed E-state index contributed by atoms with van der Waals surface area (Å²) in [6.45, 7) is 1.89. The summed E-state index contributed by atoms with van der Waals surface area (Å²) < 4.78 is 32.9. The third-order valence-corrected chi connectivity index (χ3v) is 6.91. The van der Waals surface area contributed by atoms with Crippen LogP contribution in [0.2, 0.25) is 5.02 Å². The summed E-state index contributed by atoms with van der Waals surface area (Å²) in [4.78, 5) is 12.8. The number of hydrogen-bond acceptors (Lipinski definition) is 4. The summed E-state index contributed by atoms with van der Waals surface area (Å²) in [6.07, 6.45) is 0.609. The number of rotatable bonds is 9. The highest BCUT2D eigenvalue weighted by Crippen LogP contribution is 2.26. The predicted octanol–water partition coefficient (Wildman–Crippen LogP) is 4.21. The van der Waals surface area contributed by atoms with E-state index in [1.54, 1.807) is 37.4 Å². The van der Waals surface area contributed by atoms with Gasteiger partial charge in [0.25, 0.3) is 10.0 Å². The molecule has 3 rings (SSSR count). The van der Waals surface area contributed by atoms with E-state index in [1.165, 1.54) is 18.2 Å². The molecule has 6 nitrogen and oxygen atoms in total. The summed E-state index contributed by atoms with van der Waals surface area (Å²) in [5.41, 5.74) is 2.29. The van der Waals surface area contributed by atoms with Gasteiger partial charge in [0.05, 0.1) is 17.7 Å². The molecule has 1 amide bonds. The number of anilines is 1. The van der Waals surface area contributed by atoms with E-state index in [-0.39, 0.29) is 11.4 Å². The van der Waals surface area contributed by atoms with Gasteiger partial charge in [0.2, 0.25) is 5.91 Å². The fraction of sp³-hybridized carbons (Fsp3) is 0.208. The van der Waals surface area contributed by atoms with Gasteiger partial charge in [-0.2, -0.15) is 0 Å². The predicted molar refractivity (Wildman–Crippen MR) is 127 cm³/mol. The first kappa shape index (κ1) is 23.6. The summed E-state index contributed by atoms with van der Waals surface area (Å²) >= 11 is 6.08. The van der Waals surface area contributed by atoms with Crippen LogP contribution >= 0.6 is 11.6 Å². The zero-order valence-electron chi connectivity index (χ0n) is 17.9. The van der Waals surface area contributed by atoms with Crippen LogP contribution in [-0.4, -0.2) is 34.5 Å². The van der Waals surface area contributed by atoms with Crippen LogP contribution in [0.4, 0.5) is 5.69 Å². The van der Waals surface area contributed by atoms with Crippen molar-refractivity contribution in [1.82, 2.24) is 5.32 Å². The highest BCUT2D eigenvalue weighted by atomic mass is 35.5. The standard InChI is InChI=1S/C24H25ClN2O4S/c1-18-6-12-23(13-7-18)32(29,30)27(21-5-3-4-20(25)16-21)17-24(28)26-15-14-19-8-10-22(31-2)11-9-19/h3-13,16H,14-15,17H2,1-2H3,(H,26,28). The summed E-state index contributed by atoms with van der Waals surface area (Å²) in [5, 5.41) is 3.18. The molecular weight excluding hydrogens is 448 g/mol. The number of benzene rings is 3. The Labute approximate surface area is 193 Å². The molecule has 0 spiro atoms. The number of methoxy groups -OCH3 is 1. The fourth-order valence-electron chi connectivity index (χ4n) is 3.11. The second-order valence-electron chi connectivity index (χ2n) is 7.25. The SMILES string of the molecule is COc1ccc(CCNC(=O)CN(c2cccc(Cl)c2)S(=O)(=O)c2ccc(C)cc2)cc1. The lowest BCUT2D eigenvalue weighted by atomic mass is 10.1. The Hall–Kier alpha value is -3.03. The largest absolute Gasteiger partial charge is 0.497 e. The number of ether oxygens (including phenoxy) is 1. The second kappa shape index (κ2) is 10.5. The van der Waals surface area contributed by atoms with Crippen molar-refractivity contribution in [2.45, 2.75) is 18.2 Å². The molecule has 3 aromatic rings. The van der Waals surface area contributed by atoms with Gasteiger partial charge < -0.3 is 10.1 Å². The second-order valence-corrected chi connectivity index (χ2v) is 9.55. The fourth-order valence-corrected chi connectivity index (χ4v) is 4.71. The van der Waals surface area contributed by atoms with Crippen LogP contribution in [0, 0.1) is 6.92 Å². The number of hydrogen-bond donors (Lipinski definition) is 1. The molecule has 0 aromatic heterocycles. The molecule has 0 heterocycles. The van der Waals surface area contributed by atoms with Crippen molar-refractivity contribution in [2.24, 2.45) is 0 Å². The third kappa shape index (κ3) is 6.02. The normalized spacial score (nSPS) is 11.1. The first-order valence-electron chi connectivity index (χ1n) is 10.0. The maximum atomic E-state index is 13.3. The monoisotopic (exact) mass is 472 g/mol. The van der Waals surface area contributed by atoms with Gasteiger partial charge in [-0.25, -0.2) is 8.42 Å². The minimum atomic E-state index is -3.97. The van der Waals surface area contributed by atoms with Crippen molar-refractivity contribution >= 4 is 33.2 Å². The van der Waals surface area contributed by atoms with E-state index in [9.17, 15) is 13.2 Å². The number of aryl methyl sites for hydroxylation is 1. The van der Waals surface area contributed by atoms with E-state index in [4.69, 9.17) is 16.3 Å². The first-order valence-corrected chi connectivity index (χ1v) is 11.9. The van der Waals surface area contributed by atoms with Crippen LogP contribution in [0.1, 0.15) is 11.1 Å². The number of amides is 1. The molecule has 8 heteroatoms. The molecule has 0 aliphatic carbocycles. The number of sulfonamides is 1. The Morgan fingerprint density at radius 1 is 1.03 bits per heavy atom. The van der Waals surface area contributed by atoms with Crippen molar-refractivity contribution in [3.05, 3.63) is 88.9 Å². The Kier molecular flexibility index (Phi) is 7.77. The van der Waals surface area contributed by atoms with Crippen LogP contribution in [0.25, 0.3) is 0 Å². The minimum Gasteiger partial charge on any atom is -0.497 e. The van der Waals surface area contributed by atoms with Crippen LogP contribution < -0.4 is 14.4 Å². The van der Waals surface area contributed by atoms with Gasteiger partial charge in [0.15, 0.2) is 0 Å². The van der Waals surface area contributed by atoms with Gasteiger partial charge in [-0.05, 0) is 61.4 Å². The van der Waals surface area contributed by atoms with Gasteiger partial charge in [0, 0.05) is 11.6 Å². The van der Waals surface area contributed by atoms with Crippen molar-refractivity contribution in [3.63, 3.8) is 0 Å². The van der Waals surface area contributed by atoms with Crippen LogP contribution in [0.3, 0.4) is 0 Å². The molecule has 168 valence electrons. The topological polar surface area (TPSA) is 75.7 Å². The molecule has 0 radical (unpaired) electrons. The number of halogens is 1. The minimum absolute atomic E-state index is 0.106. The molecule has 0 fully saturated rings. The number of carbonyl (C=O) groups excluding carboxylic acids is 1. The van der Waals surface area contributed by atoms with E-state index in [0.717, 1.165) is 21.2 Å². The van der Waals surface area contributed by atoms with E-state index in [1.807, 2.05) is 31.2 Å². The van der Waals surface area contributed by atoms with E-state index in [2.05, 4.69) is 5.32 Å². The summed E-state index contributed by atoms with van der Waals surface area (Å²) in [6, 6.07) is 20.5. The molecule has 0 saturated carbocycles. The van der Waals surface area contributed by atoms with Crippen molar-refractivity contribution in [1.29, 1.82) is 0 Å². The molecule has 3 aromatic carbocycles. The third-order valence-electron chi connectivity index (χ3n) is 4.89. The van der Waals surface area contributed by atoms with E-state index < -0.39 is 15.9 Å². The maximum absolute atomic E-state index is 13.3. The Balaban J connectivity index is 1.74. The van der Waals surface area contributed by atoms with Crippen LogP contribution in [-0.2, 0) is 21.2 Å². The zero-order chi connectivity index (χ0) is 23.1. The smallest absolute Gasteiger partial charge is 0.264 e. The van der Waals surface area contributed by atoms with Crippen LogP contribution in [0.15, 0.2) is 77.7 Å². The highest BCUT2D eigenvalue weighted by molar-refractivity contribution is 7.92. The van der Waals surface area contributed by atoms with Gasteiger partial charge in [-0.3, -0.25) is 9.10 Å². The Morgan fingerprint density at radius 3 is 2.34 bits per heavy atom. The average molecular weight is 473 g/mol. The molecule has 0 aliphatic rings. The van der Waals surface area contributed by atoms with Gasteiger partial charge >= 0.3 is 0 Å². The number of nitrogens with zero attached hydrogens (tertiary/aromatic N) is 1. The lowest BCUT2D eigenvalue weighted by molar-refractivity contribution is -0.119. The zero-order valence-corrected chi connectivity index (χ0v) is 19.5. The molecule has 0 saturated heterocycles. The van der Waals surface area contributed by atoms with Crippen molar-refractivity contribution < 1.29 is 17.9 Å². The lowest BCUT2D eigenvalue weighted by Crippen LogP contribution is -2.41. The number of nitrogens with one attached hydrogen (secondary N) is 1. The van der Waals surface area contributed by atoms with Gasteiger partial charge in [-0.1, -0.05) is 47.5 Å². The van der Waals surface area contributed by atoms with Crippen molar-refractivity contribution in [3.8, 4) is 5.75 Å². The average Bonchev–Trinajstić information content (AvgIpc) is 2.78. The maximum Gasteiger partial charge on any atom is 0.264 e. The Morgan fingerprint density at radius 2 is 1.72 bits per heavy atom. The molecule has 0 unspecified atom stereocenters. The molecule has 32 heavy (non-hydrogen) atoms. The first-order chi connectivity index (χ1) is 15.3. The quantitative estimate of drug-likeness (QED) is 0.506. The summed E-state index contributed by atoms with van der Waals surface area (Å²) in [7, 11) is -2.36. The van der Waals surface area contributed by atoms with Crippen molar-refractivity contribution in [2.75, 3.05) is 24.5 Å². The number of carbonyl (C=O) groups is 1. The van der Waals surface area contributed by atoms with Gasteiger partial charge in [-0.15, -0.1) is 0 Å². The lowest BCUT2D eigenvalue weighted by Gasteiger charge is -2.24. The van der Waals surface area contributed by atoms with Crippen LogP contribution in [0.5, 0.6) is 5.75 Å². The Bertz CT molecular complexity index is 1160. The molecule has 0 bridgehead atoms. The van der Waals surface area contributed by atoms with E-state index in [0.29, 0.717) is 23.7 Å². The molecule has 0 atom stereocenters. The highest BCUT2D eigenvalue weighted by Gasteiger charge is 2.27. The van der Waals surface area contributed by atoms with Gasteiger partial charge in [0.1, 0.15) is 12.3 Å². The molecular formula is C24H25ClN2O4S. The molecule has 1 N–H and O–H groups in total.